The Morgan fingerprint density at radius 1 is 1.30 bits per heavy atom. The highest BCUT2D eigenvalue weighted by Crippen LogP contribution is 2.24. The van der Waals surface area contributed by atoms with Gasteiger partial charge in [0.15, 0.2) is 0 Å². The van der Waals surface area contributed by atoms with Crippen molar-refractivity contribution in [3.05, 3.63) is 29.8 Å². The minimum Gasteiger partial charge on any atom is -0.466 e. The predicted octanol–water partition coefficient (Wildman–Crippen LogP) is 3.60. The maximum atomic E-state index is 12.6. The molecule has 4 nitrogen and oxygen atoms in total. The van der Waals surface area contributed by atoms with E-state index in [9.17, 15) is 9.59 Å². The lowest BCUT2D eigenvalue weighted by Gasteiger charge is -2.31. The summed E-state index contributed by atoms with van der Waals surface area (Å²) in [6.07, 6.45) is 1.64. The van der Waals surface area contributed by atoms with E-state index in [0.717, 1.165) is 12.8 Å². The summed E-state index contributed by atoms with van der Waals surface area (Å²) < 4.78 is 5.09. The lowest BCUT2D eigenvalue weighted by atomic mass is 9.97. The Hall–Kier alpha value is -1.49. The molecule has 126 valence electrons. The largest absolute Gasteiger partial charge is 0.466 e. The molecule has 1 amide bonds. The van der Waals surface area contributed by atoms with Gasteiger partial charge in [-0.15, -0.1) is 11.8 Å². The molecule has 1 atom stereocenters. The van der Waals surface area contributed by atoms with Crippen LogP contribution in [-0.4, -0.2) is 41.7 Å². The molecule has 1 aliphatic rings. The average molecular weight is 335 g/mol. The van der Waals surface area contributed by atoms with E-state index in [0.29, 0.717) is 30.5 Å². The van der Waals surface area contributed by atoms with Crippen LogP contribution in [0, 0.1) is 5.92 Å². The van der Waals surface area contributed by atoms with Crippen LogP contribution in [0.1, 0.15) is 44.0 Å². The van der Waals surface area contributed by atoms with Gasteiger partial charge in [0.25, 0.3) is 5.91 Å². The first kappa shape index (κ1) is 17.9. The monoisotopic (exact) mass is 335 g/mol. The predicted molar refractivity (Wildman–Crippen MR) is 92.7 cm³/mol. The van der Waals surface area contributed by atoms with Gasteiger partial charge in [-0.3, -0.25) is 9.59 Å². The molecule has 5 heteroatoms. The Morgan fingerprint density at radius 2 is 2.00 bits per heavy atom. The molecule has 1 aromatic rings. The Labute approximate surface area is 142 Å². The van der Waals surface area contributed by atoms with E-state index in [1.54, 1.807) is 23.6 Å². The second kappa shape index (κ2) is 8.39. The maximum Gasteiger partial charge on any atom is 0.310 e. The first-order valence-corrected chi connectivity index (χ1v) is 9.11. The third kappa shape index (κ3) is 4.99. The number of carbonyl (C=O) groups excluding carboxylic acids is 2. The fourth-order valence-electron chi connectivity index (χ4n) is 2.74. The van der Waals surface area contributed by atoms with Crippen molar-refractivity contribution in [2.24, 2.45) is 5.92 Å². The second-order valence-corrected chi connectivity index (χ2v) is 7.68. The SMILES string of the molecule is CCOC(=O)C1CCCN(C(=O)c2ccc(SC(C)C)cc2)C1. The number of piperidine rings is 1. The first-order chi connectivity index (χ1) is 11.0. The van der Waals surface area contributed by atoms with Crippen LogP contribution in [0.2, 0.25) is 0 Å². The fraction of sp³-hybridized carbons (Fsp3) is 0.556. The van der Waals surface area contributed by atoms with E-state index in [1.165, 1.54) is 4.90 Å². The number of hydrogen-bond donors (Lipinski definition) is 0. The van der Waals surface area contributed by atoms with Gasteiger partial charge in [-0.2, -0.15) is 0 Å². The standard InChI is InChI=1S/C18H25NO3S/c1-4-22-18(21)15-6-5-11-19(12-15)17(20)14-7-9-16(10-8-14)23-13(2)3/h7-10,13,15H,4-6,11-12H2,1-3H3. The Morgan fingerprint density at radius 3 is 2.61 bits per heavy atom. The molecule has 0 radical (unpaired) electrons. The smallest absolute Gasteiger partial charge is 0.310 e. The molecular weight excluding hydrogens is 310 g/mol. The number of likely N-dealkylation sites (tertiary alicyclic amines) is 1. The van der Waals surface area contributed by atoms with Crippen LogP contribution in [0.4, 0.5) is 0 Å². The van der Waals surface area contributed by atoms with Gasteiger partial charge in [0.2, 0.25) is 0 Å². The highest BCUT2D eigenvalue weighted by atomic mass is 32.2. The van der Waals surface area contributed by atoms with Crippen molar-refractivity contribution in [2.75, 3.05) is 19.7 Å². The third-order valence-corrected chi connectivity index (χ3v) is 4.82. The molecule has 0 aromatic heterocycles. The lowest BCUT2D eigenvalue weighted by molar-refractivity contribution is -0.149. The number of hydrogen-bond acceptors (Lipinski definition) is 4. The lowest BCUT2D eigenvalue weighted by Crippen LogP contribution is -2.42. The zero-order valence-electron chi connectivity index (χ0n) is 14.1. The van der Waals surface area contributed by atoms with E-state index in [-0.39, 0.29) is 17.8 Å². The summed E-state index contributed by atoms with van der Waals surface area (Å²) >= 11 is 1.78. The zero-order chi connectivity index (χ0) is 16.8. The fourth-order valence-corrected chi connectivity index (χ4v) is 3.58. The Balaban J connectivity index is 2.00. The number of benzene rings is 1. The van der Waals surface area contributed by atoms with Crippen molar-refractivity contribution in [1.82, 2.24) is 4.90 Å². The first-order valence-electron chi connectivity index (χ1n) is 8.24. The normalized spacial score (nSPS) is 18.1. The Kier molecular flexibility index (Phi) is 6.51. The van der Waals surface area contributed by atoms with E-state index < -0.39 is 0 Å². The van der Waals surface area contributed by atoms with Gasteiger partial charge in [0.05, 0.1) is 12.5 Å². The molecule has 0 spiro atoms. The molecule has 0 saturated carbocycles. The molecule has 23 heavy (non-hydrogen) atoms. The molecule has 1 unspecified atom stereocenters. The van der Waals surface area contributed by atoms with Crippen LogP contribution in [0.3, 0.4) is 0 Å². The molecule has 0 aliphatic carbocycles. The van der Waals surface area contributed by atoms with Crippen molar-refractivity contribution in [2.45, 2.75) is 43.8 Å². The molecule has 0 bridgehead atoms. The number of thioether (sulfide) groups is 1. The minimum absolute atomic E-state index is 0.0000883. The molecule has 1 saturated heterocycles. The van der Waals surface area contributed by atoms with Crippen LogP contribution >= 0.6 is 11.8 Å². The number of ether oxygens (including phenoxy) is 1. The van der Waals surface area contributed by atoms with Crippen LogP contribution in [-0.2, 0) is 9.53 Å². The number of esters is 1. The van der Waals surface area contributed by atoms with Gasteiger partial charge in [0.1, 0.15) is 0 Å². The van der Waals surface area contributed by atoms with Gasteiger partial charge < -0.3 is 9.64 Å². The molecule has 1 fully saturated rings. The van der Waals surface area contributed by atoms with Crippen LogP contribution < -0.4 is 0 Å². The summed E-state index contributed by atoms with van der Waals surface area (Å²) in [5.74, 6) is -0.378. The van der Waals surface area contributed by atoms with Crippen molar-refractivity contribution < 1.29 is 14.3 Å². The molecular formula is C18H25NO3S. The van der Waals surface area contributed by atoms with E-state index >= 15 is 0 Å². The highest BCUT2D eigenvalue weighted by Gasteiger charge is 2.29. The molecule has 1 aromatic carbocycles. The number of rotatable bonds is 5. The van der Waals surface area contributed by atoms with Crippen molar-refractivity contribution in [3.8, 4) is 0 Å². The summed E-state index contributed by atoms with van der Waals surface area (Å²) in [6.45, 7) is 7.65. The molecule has 2 rings (SSSR count). The number of carbonyl (C=O) groups is 2. The third-order valence-electron chi connectivity index (χ3n) is 3.80. The van der Waals surface area contributed by atoms with Crippen molar-refractivity contribution >= 4 is 23.6 Å². The summed E-state index contributed by atoms with van der Waals surface area (Å²) in [6, 6.07) is 7.73. The average Bonchev–Trinajstić information content (AvgIpc) is 2.55. The number of nitrogens with zero attached hydrogens (tertiary/aromatic N) is 1. The topological polar surface area (TPSA) is 46.6 Å². The second-order valence-electron chi connectivity index (χ2n) is 6.03. The summed E-state index contributed by atoms with van der Waals surface area (Å²) in [7, 11) is 0. The van der Waals surface area contributed by atoms with Crippen molar-refractivity contribution in [1.29, 1.82) is 0 Å². The quantitative estimate of drug-likeness (QED) is 0.609. The van der Waals surface area contributed by atoms with E-state index in [4.69, 9.17) is 4.74 Å². The van der Waals surface area contributed by atoms with E-state index in [1.807, 2.05) is 24.3 Å². The summed E-state index contributed by atoms with van der Waals surface area (Å²) in [5, 5.41) is 0.518. The number of amides is 1. The minimum atomic E-state index is -0.191. The van der Waals surface area contributed by atoms with Crippen LogP contribution in [0.25, 0.3) is 0 Å². The maximum absolute atomic E-state index is 12.6. The highest BCUT2D eigenvalue weighted by molar-refractivity contribution is 7.99. The summed E-state index contributed by atoms with van der Waals surface area (Å²) in [5.41, 5.74) is 0.683. The van der Waals surface area contributed by atoms with Crippen LogP contribution in [0.15, 0.2) is 29.2 Å². The Bertz CT molecular complexity index is 542. The molecule has 1 aliphatic heterocycles. The van der Waals surface area contributed by atoms with Crippen molar-refractivity contribution in [3.63, 3.8) is 0 Å². The van der Waals surface area contributed by atoms with Crippen LogP contribution in [0.5, 0.6) is 0 Å². The van der Waals surface area contributed by atoms with Gasteiger partial charge in [-0.05, 0) is 44.0 Å². The summed E-state index contributed by atoms with van der Waals surface area (Å²) in [4.78, 5) is 27.5. The van der Waals surface area contributed by atoms with Gasteiger partial charge >= 0.3 is 5.97 Å². The van der Waals surface area contributed by atoms with Gasteiger partial charge in [-0.1, -0.05) is 13.8 Å². The molecule has 0 N–H and O–H groups in total. The van der Waals surface area contributed by atoms with Gasteiger partial charge in [0, 0.05) is 28.8 Å². The van der Waals surface area contributed by atoms with E-state index in [2.05, 4.69) is 13.8 Å². The molecule has 1 heterocycles. The zero-order valence-corrected chi connectivity index (χ0v) is 14.9. The van der Waals surface area contributed by atoms with Gasteiger partial charge in [-0.25, -0.2) is 0 Å².